The van der Waals surface area contributed by atoms with Gasteiger partial charge in [0.1, 0.15) is 0 Å². The highest BCUT2D eigenvalue weighted by molar-refractivity contribution is 4.97. The first-order chi connectivity index (χ1) is 9.11. The molecular weight excluding hydrogens is 236 g/mol. The van der Waals surface area contributed by atoms with Gasteiger partial charge in [0, 0.05) is 5.41 Å². The zero-order valence-corrected chi connectivity index (χ0v) is 13.7. The van der Waals surface area contributed by atoms with Gasteiger partial charge in [0.25, 0.3) is 0 Å². The fraction of sp³-hybridized carbons (Fsp3) is 1.00. The van der Waals surface area contributed by atoms with Crippen LogP contribution in [-0.4, -0.2) is 23.4 Å². The maximum atomic E-state index is 10.1. The minimum Gasteiger partial charge on any atom is -0.396 e. The lowest BCUT2D eigenvalue weighted by molar-refractivity contribution is -0.0845. The Morgan fingerprint density at radius 3 is 1.26 bits per heavy atom. The number of aliphatic hydroxyl groups is 2. The lowest BCUT2D eigenvalue weighted by atomic mass is 9.56. The predicted molar refractivity (Wildman–Crippen MR) is 83.3 cm³/mol. The second-order valence-electron chi connectivity index (χ2n) is 6.23. The summed E-state index contributed by atoms with van der Waals surface area (Å²) in [5, 5.41) is 20.1. The highest BCUT2D eigenvalue weighted by atomic mass is 16.3. The summed E-state index contributed by atoms with van der Waals surface area (Å²) in [4.78, 5) is 0. The van der Waals surface area contributed by atoms with Crippen LogP contribution in [-0.2, 0) is 0 Å². The highest BCUT2D eigenvalue weighted by Crippen LogP contribution is 2.52. The molecule has 0 radical (unpaired) electrons. The Kier molecular flexibility index (Phi) is 9.72. The Morgan fingerprint density at radius 1 is 0.579 bits per heavy atom. The molecule has 0 saturated carbocycles. The molecule has 0 unspecified atom stereocenters. The molecule has 0 aromatic heterocycles. The van der Waals surface area contributed by atoms with E-state index in [4.69, 9.17) is 0 Å². The number of hydrogen-bond donors (Lipinski definition) is 2. The van der Waals surface area contributed by atoms with Crippen LogP contribution in [0.3, 0.4) is 0 Å². The molecule has 0 aliphatic heterocycles. The van der Waals surface area contributed by atoms with Crippen LogP contribution in [0.2, 0.25) is 0 Å². The van der Waals surface area contributed by atoms with Crippen molar-refractivity contribution >= 4 is 0 Å². The van der Waals surface area contributed by atoms with E-state index in [1.807, 2.05) is 0 Å². The van der Waals surface area contributed by atoms with Gasteiger partial charge in [-0.3, -0.25) is 0 Å². The second-order valence-corrected chi connectivity index (χ2v) is 6.23. The Morgan fingerprint density at radius 2 is 1.00 bits per heavy atom. The molecule has 0 saturated heterocycles. The SMILES string of the molecule is CCCCC(CO)(CO)C(CCC)(CCC)CCC. The largest absolute Gasteiger partial charge is 0.396 e. The number of hydrogen-bond acceptors (Lipinski definition) is 2. The first-order valence-electron chi connectivity index (χ1n) is 8.33. The second kappa shape index (κ2) is 9.77. The Bertz CT molecular complexity index is 192. The van der Waals surface area contributed by atoms with Crippen LogP contribution < -0.4 is 0 Å². The zero-order valence-electron chi connectivity index (χ0n) is 13.7. The Labute approximate surface area is 120 Å². The summed E-state index contributed by atoms with van der Waals surface area (Å²) in [7, 11) is 0. The molecule has 0 amide bonds. The third-order valence-electron chi connectivity index (χ3n) is 4.92. The van der Waals surface area contributed by atoms with Crippen molar-refractivity contribution in [2.75, 3.05) is 13.2 Å². The van der Waals surface area contributed by atoms with Crippen LogP contribution in [0.5, 0.6) is 0 Å². The van der Waals surface area contributed by atoms with Crippen molar-refractivity contribution in [3.63, 3.8) is 0 Å². The molecule has 0 aliphatic carbocycles. The van der Waals surface area contributed by atoms with Crippen molar-refractivity contribution in [1.82, 2.24) is 0 Å². The molecule has 0 spiro atoms. The van der Waals surface area contributed by atoms with Gasteiger partial charge >= 0.3 is 0 Å². The van der Waals surface area contributed by atoms with Crippen molar-refractivity contribution in [2.45, 2.75) is 85.5 Å². The lowest BCUT2D eigenvalue weighted by Gasteiger charge is -2.50. The van der Waals surface area contributed by atoms with Gasteiger partial charge in [-0.1, -0.05) is 59.8 Å². The van der Waals surface area contributed by atoms with Crippen molar-refractivity contribution in [3.05, 3.63) is 0 Å². The summed E-state index contributed by atoms with van der Waals surface area (Å²) >= 11 is 0. The molecule has 0 atom stereocenters. The van der Waals surface area contributed by atoms with E-state index in [0.717, 1.165) is 57.8 Å². The smallest absolute Gasteiger partial charge is 0.0514 e. The normalized spacial score (nSPS) is 12.9. The summed E-state index contributed by atoms with van der Waals surface area (Å²) in [6.45, 7) is 9.10. The standard InChI is InChI=1S/C17H36O2/c1-5-9-13-17(14-18,15-19)16(10-6-2,11-7-3)12-8-4/h18-19H,5-15H2,1-4H3. The molecule has 0 bridgehead atoms. The van der Waals surface area contributed by atoms with E-state index in [0.29, 0.717) is 0 Å². The summed E-state index contributed by atoms with van der Waals surface area (Å²) in [5.41, 5.74) is -0.172. The van der Waals surface area contributed by atoms with Crippen LogP contribution >= 0.6 is 0 Å². The van der Waals surface area contributed by atoms with E-state index in [-0.39, 0.29) is 24.0 Å². The topological polar surface area (TPSA) is 40.5 Å². The van der Waals surface area contributed by atoms with Crippen molar-refractivity contribution in [2.24, 2.45) is 10.8 Å². The first kappa shape index (κ1) is 18.9. The van der Waals surface area contributed by atoms with E-state index in [1.54, 1.807) is 0 Å². The van der Waals surface area contributed by atoms with Gasteiger partial charge in [-0.2, -0.15) is 0 Å². The molecule has 2 nitrogen and oxygen atoms in total. The molecule has 0 aromatic carbocycles. The minimum absolute atomic E-state index is 0.115. The van der Waals surface area contributed by atoms with Crippen molar-refractivity contribution in [1.29, 1.82) is 0 Å². The van der Waals surface area contributed by atoms with Crippen LogP contribution in [0, 0.1) is 10.8 Å². The lowest BCUT2D eigenvalue weighted by Crippen LogP contribution is -2.47. The fourth-order valence-corrected chi connectivity index (χ4v) is 3.93. The highest BCUT2D eigenvalue weighted by Gasteiger charge is 2.48. The van der Waals surface area contributed by atoms with E-state index >= 15 is 0 Å². The average Bonchev–Trinajstić information content (AvgIpc) is 2.41. The molecule has 0 aromatic rings. The van der Waals surface area contributed by atoms with Gasteiger partial charge in [0.05, 0.1) is 13.2 Å². The first-order valence-corrected chi connectivity index (χ1v) is 8.33. The quantitative estimate of drug-likeness (QED) is 0.548. The molecule has 116 valence electrons. The average molecular weight is 272 g/mol. The molecule has 2 N–H and O–H groups in total. The van der Waals surface area contributed by atoms with Gasteiger partial charge in [-0.15, -0.1) is 0 Å². The Balaban J connectivity index is 5.40. The van der Waals surface area contributed by atoms with Gasteiger partial charge in [-0.05, 0) is 31.1 Å². The monoisotopic (exact) mass is 272 g/mol. The number of unbranched alkanes of at least 4 members (excludes halogenated alkanes) is 1. The molecule has 19 heavy (non-hydrogen) atoms. The summed E-state index contributed by atoms with van der Waals surface area (Å²) < 4.78 is 0. The van der Waals surface area contributed by atoms with Gasteiger partial charge in [-0.25, -0.2) is 0 Å². The van der Waals surface area contributed by atoms with Gasteiger partial charge < -0.3 is 10.2 Å². The maximum absolute atomic E-state index is 10.1. The van der Waals surface area contributed by atoms with E-state index in [1.165, 1.54) is 0 Å². The number of aliphatic hydroxyl groups excluding tert-OH is 2. The third kappa shape index (κ3) is 4.46. The molecule has 0 aliphatic rings. The summed E-state index contributed by atoms with van der Waals surface area (Å²) in [5.74, 6) is 0. The molecular formula is C17H36O2. The van der Waals surface area contributed by atoms with Crippen LogP contribution in [0.1, 0.15) is 85.5 Å². The Hall–Kier alpha value is -0.0800. The zero-order chi connectivity index (χ0) is 14.8. The third-order valence-corrected chi connectivity index (χ3v) is 4.92. The number of rotatable bonds is 12. The molecule has 0 fully saturated rings. The minimum atomic E-state index is -0.287. The van der Waals surface area contributed by atoms with Gasteiger partial charge in [0.2, 0.25) is 0 Å². The van der Waals surface area contributed by atoms with Crippen molar-refractivity contribution < 1.29 is 10.2 Å². The predicted octanol–water partition coefficient (Wildman–Crippen LogP) is 4.53. The van der Waals surface area contributed by atoms with Crippen LogP contribution in [0.15, 0.2) is 0 Å². The fourth-order valence-electron chi connectivity index (χ4n) is 3.93. The van der Waals surface area contributed by atoms with E-state index < -0.39 is 0 Å². The summed E-state index contributed by atoms with van der Waals surface area (Å²) in [6.07, 6.45) is 9.95. The van der Waals surface area contributed by atoms with Crippen LogP contribution in [0.4, 0.5) is 0 Å². The van der Waals surface area contributed by atoms with Crippen molar-refractivity contribution in [3.8, 4) is 0 Å². The van der Waals surface area contributed by atoms with E-state index in [2.05, 4.69) is 27.7 Å². The van der Waals surface area contributed by atoms with Crippen LogP contribution in [0.25, 0.3) is 0 Å². The van der Waals surface area contributed by atoms with Gasteiger partial charge in [0.15, 0.2) is 0 Å². The van der Waals surface area contributed by atoms with E-state index in [9.17, 15) is 10.2 Å². The maximum Gasteiger partial charge on any atom is 0.0514 e. The summed E-state index contributed by atoms with van der Waals surface area (Å²) in [6, 6.07) is 0. The molecule has 0 heterocycles. The molecule has 0 rings (SSSR count). The molecule has 2 heteroatoms.